The number of aliphatic hydroxyl groups excluding tert-OH is 1. The molecule has 1 aromatic heterocycles. The van der Waals surface area contributed by atoms with Crippen LogP contribution >= 0.6 is 0 Å². The van der Waals surface area contributed by atoms with Crippen LogP contribution in [0.5, 0.6) is 0 Å². The molecule has 1 heterocycles. The molecule has 4 N–H and O–H groups in total. The topological polar surface area (TPSA) is 109 Å². The summed E-state index contributed by atoms with van der Waals surface area (Å²) >= 11 is 0. The van der Waals surface area contributed by atoms with Crippen molar-refractivity contribution in [1.82, 2.24) is 9.97 Å². The van der Waals surface area contributed by atoms with E-state index in [2.05, 4.69) is 46.8 Å². The minimum absolute atomic E-state index is 0.00870. The number of amides is 1. The van der Waals surface area contributed by atoms with Crippen molar-refractivity contribution < 1.29 is 15.0 Å². The zero-order valence-corrected chi connectivity index (χ0v) is 24.6. The van der Waals surface area contributed by atoms with E-state index >= 15 is 0 Å². The molecule has 4 aliphatic carbocycles. The van der Waals surface area contributed by atoms with E-state index < -0.39 is 11.7 Å². The molecule has 6 rings (SSSR count). The minimum atomic E-state index is -1.02. The van der Waals surface area contributed by atoms with Crippen LogP contribution in [-0.4, -0.2) is 37.8 Å². The van der Waals surface area contributed by atoms with E-state index in [0.29, 0.717) is 18.3 Å². The maximum atomic E-state index is 11.9. The fourth-order valence-electron chi connectivity index (χ4n) is 11.0. The predicted octanol–water partition coefficient (Wildman–Crippen LogP) is 5.32. The molecule has 0 saturated heterocycles. The monoisotopic (exact) mass is 533 g/mol. The molecule has 9 atom stereocenters. The van der Waals surface area contributed by atoms with Gasteiger partial charge >= 0.3 is 0 Å². The molecule has 1 aromatic carbocycles. The standard InChI is InChI=1S/C33H47N3O3/c1-29(2)24-12-15-31(4)25(30(24,3)18-22-28(29)36-21-10-8-7-9-20(21)35-22)17-23(37)27-19(11-14-32(27,31)5)33(6,39)16-13-26(34)38/h7-10,19,23-25,27,37,39H,11-18H2,1-6H3,(H2,34,38)/t19-,23+,24-,25+,27-,30-,31+,32+,33-/m0/s1. The highest BCUT2D eigenvalue weighted by atomic mass is 16.3. The highest BCUT2D eigenvalue weighted by Crippen LogP contribution is 2.75. The maximum Gasteiger partial charge on any atom is 0.217 e. The normalized spacial score (nSPS) is 42.1. The third-order valence-electron chi connectivity index (χ3n) is 13.0. The Kier molecular flexibility index (Phi) is 5.90. The molecule has 6 heteroatoms. The van der Waals surface area contributed by atoms with Crippen molar-refractivity contribution in [1.29, 1.82) is 0 Å². The van der Waals surface area contributed by atoms with Gasteiger partial charge < -0.3 is 15.9 Å². The Labute approximate surface area is 233 Å². The molecule has 1 amide bonds. The quantitative estimate of drug-likeness (QED) is 0.493. The van der Waals surface area contributed by atoms with Gasteiger partial charge in [0.15, 0.2) is 0 Å². The first-order chi connectivity index (χ1) is 18.1. The Morgan fingerprint density at radius 3 is 2.33 bits per heavy atom. The molecular weight excluding hydrogens is 486 g/mol. The molecule has 3 saturated carbocycles. The van der Waals surface area contributed by atoms with Crippen LogP contribution in [0.15, 0.2) is 24.3 Å². The number of nitrogens with zero attached hydrogens (tertiary/aromatic N) is 2. The SMILES string of the molecule is CC1(C)c2nc3ccccc3nc2C[C@]2(C)[C@H]3C[C@@H](O)[C@@H]4[C@@H]([C@@](C)(O)CCC(N)=O)CC[C@@]4(C)[C@]3(C)CC[C@@H]12. The molecule has 39 heavy (non-hydrogen) atoms. The average Bonchev–Trinajstić information content (AvgIpc) is 3.24. The van der Waals surface area contributed by atoms with Crippen LogP contribution in [-0.2, 0) is 16.6 Å². The lowest BCUT2D eigenvalue weighted by Crippen LogP contribution is -2.66. The van der Waals surface area contributed by atoms with Crippen LogP contribution in [0, 0.1) is 39.9 Å². The summed E-state index contributed by atoms with van der Waals surface area (Å²) in [6.45, 7) is 14.0. The number of hydrogen-bond acceptors (Lipinski definition) is 5. The van der Waals surface area contributed by atoms with Gasteiger partial charge in [-0.3, -0.25) is 4.79 Å². The fraction of sp³-hybridized carbons (Fsp3) is 0.727. The van der Waals surface area contributed by atoms with Crippen LogP contribution in [0.2, 0.25) is 0 Å². The number of para-hydroxylation sites is 2. The number of nitrogens with two attached hydrogens (primary N) is 1. The number of primary amides is 1. The Morgan fingerprint density at radius 2 is 1.67 bits per heavy atom. The third kappa shape index (κ3) is 3.62. The van der Waals surface area contributed by atoms with Gasteiger partial charge in [-0.25, -0.2) is 9.97 Å². The first-order valence-electron chi connectivity index (χ1n) is 15.1. The van der Waals surface area contributed by atoms with Gasteiger partial charge in [0.1, 0.15) is 0 Å². The summed E-state index contributed by atoms with van der Waals surface area (Å²) in [7, 11) is 0. The van der Waals surface area contributed by atoms with Crippen LogP contribution in [0.25, 0.3) is 11.0 Å². The second-order valence-electron chi connectivity index (χ2n) is 15.2. The van der Waals surface area contributed by atoms with Gasteiger partial charge in [0.25, 0.3) is 0 Å². The molecule has 2 aromatic rings. The molecule has 0 radical (unpaired) electrons. The first kappa shape index (κ1) is 27.1. The highest BCUT2D eigenvalue weighted by molar-refractivity contribution is 5.74. The molecule has 6 nitrogen and oxygen atoms in total. The number of aromatic nitrogens is 2. The molecule has 0 aliphatic heterocycles. The second-order valence-corrected chi connectivity index (χ2v) is 15.2. The summed E-state index contributed by atoms with van der Waals surface area (Å²) in [5.41, 5.74) is 8.45. The number of benzene rings is 1. The minimum Gasteiger partial charge on any atom is -0.393 e. The lowest BCUT2D eigenvalue weighted by atomic mass is 9.35. The number of fused-ring (bicyclic) bond motifs is 7. The van der Waals surface area contributed by atoms with Gasteiger partial charge in [-0.1, -0.05) is 46.8 Å². The zero-order valence-electron chi connectivity index (χ0n) is 24.6. The second kappa shape index (κ2) is 8.48. The van der Waals surface area contributed by atoms with Crippen molar-refractivity contribution in [3.63, 3.8) is 0 Å². The van der Waals surface area contributed by atoms with Crippen molar-refractivity contribution in [2.45, 2.75) is 110 Å². The van der Waals surface area contributed by atoms with Gasteiger partial charge in [-0.2, -0.15) is 0 Å². The van der Waals surface area contributed by atoms with Gasteiger partial charge in [0, 0.05) is 11.8 Å². The third-order valence-corrected chi connectivity index (χ3v) is 13.0. The Bertz CT molecular complexity index is 1320. The zero-order chi connectivity index (χ0) is 28.2. The van der Waals surface area contributed by atoms with E-state index in [9.17, 15) is 15.0 Å². The van der Waals surface area contributed by atoms with E-state index in [1.54, 1.807) is 0 Å². The molecule has 212 valence electrons. The van der Waals surface area contributed by atoms with E-state index in [1.807, 2.05) is 19.1 Å². The van der Waals surface area contributed by atoms with Gasteiger partial charge in [0.2, 0.25) is 5.91 Å². The van der Waals surface area contributed by atoms with Crippen molar-refractivity contribution in [2.75, 3.05) is 0 Å². The summed E-state index contributed by atoms with van der Waals surface area (Å²) in [5.74, 6) is 0.383. The van der Waals surface area contributed by atoms with E-state index in [0.717, 1.165) is 60.9 Å². The van der Waals surface area contributed by atoms with Crippen LogP contribution in [0.3, 0.4) is 0 Å². The molecule has 0 spiro atoms. The van der Waals surface area contributed by atoms with Crippen LogP contribution in [0.1, 0.15) is 97.9 Å². The number of rotatable bonds is 4. The molecule has 0 unspecified atom stereocenters. The predicted molar refractivity (Wildman–Crippen MR) is 153 cm³/mol. The van der Waals surface area contributed by atoms with Crippen molar-refractivity contribution in [3.05, 3.63) is 35.7 Å². The number of hydrogen-bond donors (Lipinski definition) is 3. The largest absolute Gasteiger partial charge is 0.393 e. The Hall–Kier alpha value is -2.05. The van der Waals surface area contributed by atoms with Crippen LogP contribution < -0.4 is 5.73 Å². The molecule has 3 fully saturated rings. The molecular formula is C33H47N3O3. The summed E-state index contributed by atoms with van der Waals surface area (Å²) in [6, 6.07) is 8.20. The smallest absolute Gasteiger partial charge is 0.217 e. The number of carbonyl (C=O) groups is 1. The maximum absolute atomic E-state index is 11.9. The van der Waals surface area contributed by atoms with Crippen molar-refractivity contribution in [2.24, 2.45) is 45.7 Å². The van der Waals surface area contributed by atoms with Crippen molar-refractivity contribution in [3.8, 4) is 0 Å². The van der Waals surface area contributed by atoms with E-state index in [1.165, 1.54) is 0 Å². The number of aliphatic hydroxyl groups is 2. The summed E-state index contributed by atoms with van der Waals surface area (Å²) < 4.78 is 0. The lowest BCUT2D eigenvalue weighted by molar-refractivity contribution is -0.224. The Balaban J connectivity index is 1.40. The van der Waals surface area contributed by atoms with Gasteiger partial charge in [-0.05, 0) is 104 Å². The van der Waals surface area contributed by atoms with Gasteiger partial charge in [-0.15, -0.1) is 0 Å². The first-order valence-corrected chi connectivity index (χ1v) is 15.1. The van der Waals surface area contributed by atoms with E-state index in [4.69, 9.17) is 15.7 Å². The van der Waals surface area contributed by atoms with Crippen molar-refractivity contribution >= 4 is 16.9 Å². The lowest BCUT2D eigenvalue weighted by Gasteiger charge is -2.69. The summed E-state index contributed by atoms with van der Waals surface area (Å²) in [4.78, 5) is 21.9. The fourth-order valence-corrected chi connectivity index (χ4v) is 11.0. The Morgan fingerprint density at radius 1 is 1.03 bits per heavy atom. The van der Waals surface area contributed by atoms with Crippen LogP contribution in [0.4, 0.5) is 0 Å². The molecule has 4 aliphatic rings. The summed E-state index contributed by atoms with van der Waals surface area (Å²) in [6.07, 6.45) is 5.79. The summed E-state index contributed by atoms with van der Waals surface area (Å²) in [5, 5.41) is 23.5. The van der Waals surface area contributed by atoms with Gasteiger partial charge in [0.05, 0.1) is 34.1 Å². The number of carbonyl (C=O) groups excluding carboxylic acids is 1. The van der Waals surface area contributed by atoms with E-state index in [-0.39, 0.29) is 45.8 Å². The highest BCUT2D eigenvalue weighted by Gasteiger charge is 2.71. The molecule has 0 bridgehead atoms. The average molecular weight is 534 g/mol.